The van der Waals surface area contributed by atoms with Crippen LogP contribution >= 0.6 is 0 Å². The van der Waals surface area contributed by atoms with Crippen LogP contribution in [-0.2, 0) is 0 Å². The lowest BCUT2D eigenvalue weighted by molar-refractivity contribution is 0.154. The highest BCUT2D eigenvalue weighted by Crippen LogP contribution is 2.30. The summed E-state index contributed by atoms with van der Waals surface area (Å²) in [4.78, 5) is 2.65. The van der Waals surface area contributed by atoms with Crippen molar-refractivity contribution >= 4 is 10.8 Å². The average Bonchev–Trinajstić information content (AvgIpc) is 2.53. The lowest BCUT2D eigenvalue weighted by Crippen LogP contribution is -2.45. The van der Waals surface area contributed by atoms with Crippen molar-refractivity contribution in [3.8, 4) is 0 Å². The summed E-state index contributed by atoms with van der Waals surface area (Å²) in [5, 5.41) is 6.16. The molecule has 1 aliphatic heterocycles. The van der Waals surface area contributed by atoms with E-state index in [1.54, 1.807) is 0 Å². The number of piperazine rings is 1. The molecule has 2 aromatic rings. The minimum atomic E-state index is 0.553. The van der Waals surface area contributed by atoms with E-state index in [1.165, 1.54) is 22.8 Å². The van der Waals surface area contributed by atoms with Crippen LogP contribution < -0.4 is 5.32 Å². The molecule has 1 atom stereocenters. The lowest BCUT2D eigenvalue weighted by Gasteiger charge is -2.36. The first-order valence-corrected chi connectivity index (χ1v) is 8.17. The average molecular weight is 282 g/mol. The van der Waals surface area contributed by atoms with Crippen molar-refractivity contribution in [2.45, 2.75) is 26.3 Å². The van der Waals surface area contributed by atoms with Crippen LogP contribution in [0.15, 0.2) is 42.5 Å². The fourth-order valence-corrected chi connectivity index (χ4v) is 3.35. The van der Waals surface area contributed by atoms with Crippen molar-refractivity contribution in [3.05, 3.63) is 48.0 Å². The first-order valence-electron chi connectivity index (χ1n) is 8.17. The number of hydrogen-bond donors (Lipinski definition) is 1. The predicted molar refractivity (Wildman–Crippen MR) is 90.6 cm³/mol. The molecule has 1 aliphatic rings. The summed E-state index contributed by atoms with van der Waals surface area (Å²) >= 11 is 0. The maximum atomic E-state index is 3.46. The van der Waals surface area contributed by atoms with Crippen LogP contribution in [0.4, 0.5) is 0 Å². The molecule has 2 heteroatoms. The van der Waals surface area contributed by atoms with Crippen LogP contribution in [0.3, 0.4) is 0 Å². The third-order valence-corrected chi connectivity index (χ3v) is 4.45. The summed E-state index contributed by atoms with van der Waals surface area (Å²) in [7, 11) is 0. The van der Waals surface area contributed by atoms with Crippen LogP contribution in [0.2, 0.25) is 0 Å². The molecule has 0 amide bonds. The zero-order valence-corrected chi connectivity index (χ0v) is 13.2. The largest absolute Gasteiger partial charge is 0.314 e. The van der Waals surface area contributed by atoms with Gasteiger partial charge in [-0.3, -0.25) is 4.90 Å². The monoisotopic (exact) mass is 282 g/mol. The Bertz CT molecular complexity index is 585. The second-order valence-electron chi connectivity index (χ2n) is 6.54. The van der Waals surface area contributed by atoms with Crippen molar-refractivity contribution in [1.29, 1.82) is 0 Å². The quantitative estimate of drug-likeness (QED) is 0.917. The molecule has 0 spiro atoms. The summed E-state index contributed by atoms with van der Waals surface area (Å²) in [6, 6.07) is 16.2. The molecule has 21 heavy (non-hydrogen) atoms. The molecule has 3 rings (SSSR count). The molecule has 0 saturated carbocycles. The van der Waals surface area contributed by atoms with Gasteiger partial charge >= 0.3 is 0 Å². The highest BCUT2D eigenvalue weighted by atomic mass is 15.2. The fourth-order valence-electron chi connectivity index (χ4n) is 3.35. The van der Waals surface area contributed by atoms with E-state index in [0.717, 1.165) is 32.1 Å². The van der Waals surface area contributed by atoms with Gasteiger partial charge in [0.1, 0.15) is 0 Å². The summed E-state index contributed by atoms with van der Waals surface area (Å²) in [6.45, 7) is 9.20. The van der Waals surface area contributed by atoms with Crippen LogP contribution in [-0.4, -0.2) is 31.1 Å². The Morgan fingerprint density at radius 2 is 1.71 bits per heavy atom. The standard InChI is InChI=1S/C19H26N2/c1-15(2)13-19(21-11-9-20-10-12-21)18-8-7-16-5-3-4-6-17(16)14-18/h3-8,14-15,19-20H,9-13H2,1-2H3/t19-/m0/s1. The normalized spacial score (nSPS) is 18.2. The Balaban J connectivity index is 1.92. The number of rotatable bonds is 4. The number of benzene rings is 2. The summed E-state index contributed by atoms with van der Waals surface area (Å²) in [5.41, 5.74) is 1.48. The van der Waals surface area contributed by atoms with Gasteiger partial charge in [-0.05, 0) is 34.7 Å². The van der Waals surface area contributed by atoms with Crippen molar-refractivity contribution < 1.29 is 0 Å². The summed E-state index contributed by atoms with van der Waals surface area (Å²) < 4.78 is 0. The second-order valence-corrected chi connectivity index (χ2v) is 6.54. The molecule has 0 aliphatic carbocycles. The van der Waals surface area contributed by atoms with Crippen LogP contribution in [0, 0.1) is 5.92 Å². The molecule has 2 aromatic carbocycles. The van der Waals surface area contributed by atoms with Gasteiger partial charge in [0.15, 0.2) is 0 Å². The topological polar surface area (TPSA) is 15.3 Å². The number of nitrogens with one attached hydrogen (secondary N) is 1. The van der Waals surface area contributed by atoms with Crippen LogP contribution in [0.25, 0.3) is 10.8 Å². The van der Waals surface area contributed by atoms with Crippen LogP contribution in [0.5, 0.6) is 0 Å². The molecule has 1 N–H and O–H groups in total. The first-order chi connectivity index (χ1) is 10.2. The maximum absolute atomic E-state index is 3.46. The predicted octanol–water partition coefficient (Wildman–Crippen LogP) is 3.83. The van der Waals surface area contributed by atoms with Gasteiger partial charge in [-0.2, -0.15) is 0 Å². The van der Waals surface area contributed by atoms with E-state index in [0.29, 0.717) is 6.04 Å². The zero-order chi connectivity index (χ0) is 14.7. The molecule has 0 aromatic heterocycles. The molecule has 0 unspecified atom stereocenters. The molecule has 112 valence electrons. The molecule has 1 saturated heterocycles. The molecular weight excluding hydrogens is 256 g/mol. The maximum Gasteiger partial charge on any atom is 0.0351 e. The SMILES string of the molecule is CC(C)C[C@@H](c1ccc2ccccc2c1)N1CCNCC1. The zero-order valence-electron chi connectivity index (χ0n) is 13.2. The smallest absolute Gasteiger partial charge is 0.0351 e. The molecule has 1 heterocycles. The Morgan fingerprint density at radius 3 is 2.43 bits per heavy atom. The number of hydrogen-bond acceptors (Lipinski definition) is 2. The van der Waals surface area contributed by atoms with E-state index >= 15 is 0 Å². The van der Waals surface area contributed by atoms with Gasteiger partial charge in [0.25, 0.3) is 0 Å². The number of fused-ring (bicyclic) bond motifs is 1. The van der Waals surface area contributed by atoms with Crippen LogP contribution in [0.1, 0.15) is 31.9 Å². The van der Waals surface area contributed by atoms with E-state index in [2.05, 4.69) is 66.5 Å². The highest BCUT2D eigenvalue weighted by molar-refractivity contribution is 5.83. The van der Waals surface area contributed by atoms with Gasteiger partial charge < -0.3 is 5.32 Å². The summed E-state index contributed by atoms with van der Waals surface area (Å²) in [6.07, 6.45) is 1.23. The van der Waals surface area contributed by atoms with E-state index in [4.69, 9.17) is 0 Å². The Morgan fingerprint density at radius 1 is 1.00 bits per heavy atom. The summed E-state index contributed by atoms with van der Waals surface area (Å²) in [5.74, 6) is 0.719. The van der Waals surface area contributed by atoms with Crippen molar-refractivity contribution in [1.82, 2.24) is 10.2 Å². The van der Waals surface area contributed by atoms with E-state index in [1.807, 2.05) is 0 Å². The van der Waals surface area contributed by atoms with Gasteiger partial charge in [0.05, 0.1) is 0 Å². The Labute approximate surface area is 128 Å². The first kappa shape index (κ1) is 14.6. The molecule has 1 fully saturated rings. The minimum absolute atomic E-state index is 0.553. The van der Waals surface area contributed by atoms with E-state index in [9.17, 15) is 0 Å². The van der Waals surface area contributed by atoms with Gasteiger partial charge in [-0.25, -0.2) is 0 Å². The molecule has 0 bridgehead atoms. The second kappa shape index (κ2) is 6.59. The van der Waals surface area contributed by atoms with Crippen molar-refractivity contribution in [2.24, 2.45) is 5.92 Å². The minimum Gasteiger partial charge on any atom is -0.314 e. The molecular formula is C19H26N2. The van der Waals surface area contributed by atoms with Gasteiger partial charge in [0, 0.05) is 32.2 Å². The third kappa shape index (κ3) is 3.45. The van der Waals surface area contributed by atoms with E-state index in [-0.39, 0.29) is 0 Å². The Hall–Kier alpha value is -1.38. The fraction of sp³-hybridized carbons (Fsp3) is 0.474. The van der Waals surface area contributed by atoms with Crippen molar-refractivity contribution in [2.75, 3.05) is 26.2 Å². The number of nitrogens with zero attached hydrogens (tertiary/aromatic N) is 1. The molecule has 2 nitrogen and oxygen atoms in total. The third-order valence-electron chi connectivity index (χ3n) is 4.45. The van der Waals surface area contributed by atoms with Gasteiger partial charge in [0.2, 0.25) is 0 Å². The highest BCUT2D eigenvalue weighted by Gasteiger charge is 2.23. The van der Waals surface area contributed by atoms with Gasteiger partial charge in [-0.1, -0.05) is 50.2 Å². The Kier molecular flexibility index (Phi) is 4.57. The van der Waals surface area contributed by atoms with Gasteiger partial charge in [-0.15, -0.1) is 0 Å². The van der Waals surface area contributed by atoms with Crippen molar-refractivity contribution in [3.63, 3.8) is 0 Å². The lowest BCUT2D eigenvalue weighted by atomic mass is 9.93. The molecule has 0 radical (unpaired) electrons. The van der Waals surface area contributed by atoms with E-state index < -0.39 is 0 Å².